The summed E-state index contributed by atoms with van der Waals surface area (Å²) in [5.74, 6) is -0.305. The predicted molar refractivity (Wildman–Crippen MR) is 103 cm³/mol. The third kappa shape index (κ3) is 4.08. The highest BCUT2D eigenvalue weighted by Crippen LogP contribution is 2.30. The number of hydrogen-bond donors (Lipinski definition) is 1. The molecule has 2 amide bonds. The molecule has 6 nitrogen and oxygen atoms in total. The molecule has 0 radical (unpaired) electrons. The third-order valence-corrected chi connectivity index (χ3v) is 4.90. The molecule has 1 aliphatic heterocycles. The minimum atomic E-state index is -0.385. The molecule has 0 saturated carbocycles. The number of halogens is 2. The molecule has 136 valence electrons. The van der Waals surface area contributed by atoms with E-state index in [1.807, 2.05) is 11.0 Å². The zero-order valence-electron chi connectivity index (χ0n) is 14.2. The van der Waals surface area contributed by atoms with Gasteiger partial charge in [0, 0.05) is 45.0 Å². The van der Waals surface area contributed by atoms with E-state index in [9.17, 15) is 9.59 Å². The molecule has 1 saturated heterocycles. The van der Waals surface area contributed by atoms with Crippen LogP contribution in [0.25, 0.3) is 0 Å². The number of nitrogens with zero attached hydrogens (tertiary/aromatic N) is 3. The van der Waals surface area contributed by atoms with Crippen molar-refractivity contribution in [3.05, 3.63) is 52.3 Å². The normalized spacial score (nSPS) is 14.3. The van der Waals surface area contributed by atoms with Crippen LogP contribution in [-0.2, 0) is 4.79 Å². The maximum atomic E-state index is 12.5. The van der Waals surface area contributed by atoms with Crippen molar-refractivity contribution >= 4 is 46.4 Å². The summed E-state index contributed by atoms with van der Waals surface area (Å²) >= 11 is 12.2. The van der Waals surface area contributed by atoms with Gasteiger partial charge in [0.1, 0.15) is 5.69 Å². The van der Waals surface area contributed by atoms with Crippen molar-refractivity contribution in [2.24, 2.45) is 0 Å². The first kappa shape index (κ1) is 18.5. The van der Waals surface area contributed by atoms with E-state index in [1.165, 1.54) is 0 Å². The standard InChI is InChI=1S/C18H18Cl2N4O2/c1-12(25)23-7-9-24(10-8-23)13-5-6-21-16(11-13)18(26)22-17-14(19)3-2-4-15(17)20/h2-6,11H,7-10H2,1H3,(H,22,26). The first-order chi connectivity index (χ1) is 12.5. The van der Waals surface area contributed by atoms with Gasteiger partial charge in [0.2, 0.25) is 5.91 Å². The lowest BCUT2D eigenvalue weighted by atomic mass is 10.2. The van der Waals surface area contributed by atoms with E-state index in [4.69, 9.17) is 23.2 Å². The van der Waals surface area contributed by atoms with Gasteiger partial charge in [-0.25, -0.2) is 0 Å². The van der Waals surface area contributed by atoms with E-state index in [1.54, 1.807) is 37.4 Å². The molecular formula is C18H18Cl2N4O2. The van der Waals surface area contributed by atoms with Crippen molar-refractivity contribution in [3.63, 3.8) is 0 Å². The van der Waals surface area contributed by atoms with E-state index < -0.39 is 0 Å². The number of piperazine rings is 1. The number of para-hydroxylation sites is 1. The lowest BCUT2D eigenvalue weighted by molar-refractivity contribution is -0.129. The highest BCUT2D eigenvalue weighted by molar-refractivity contribution is 6.40. The van der Waals surface area contributed by atoms with Crippen LogP contribution < -0.4 is 10.2 Å². The summed E-state index contributed by atoms with van der Waals surface area (Å²) in [6.07, 6.45) is 1.59. The Morgan fingerprint density at radius 1 is 1.08 bits per heavy atom. The summed E-state index contributed by atoms with van der Waals surface area (Å²) in [6.45, 7) is 4.31. The SMILES string of the molecule is CC(=O)N1CCN(c2ccnc(C(=O)Nc3c(Cl)cccc3Cl)c2)CC1. The number of rotatable bonds is 3. The summed E-state index contributed by atoms with van der Waals surface area (Å²) in [4.78, 5) is 32.0. The van der Waals surface area contributed by atoms with Gasteiger partial charge in [0.05, 0.1) is 15.7 Å². The van der Waals surface area contributed by atoms with Gasteiger partial charge < -0.3 is 15.1 Å². The molecule has 0 unspecified atom stereocenters. The van der Waals surface area contributed by atoms with Gasteiger partial charge in [-0.15, -0.1) is 0 Å². The number of pyridine rings is 1. The van der Waals surface area contributed by atoms with Gasteiger partial charge in [0.25, 0.3) is 5.91 Å². The minimum Gasteiger partial charge on any atom is -0.368 e. The Hall–Kier alpha value is -2.31. The van der Waals surface area contributed by atoms with Crippen molar-refractivity contribution in [1.29, 1.82) is 0 Å². The molecule has 8 heteroatoms. The van der Waals surface area contributed by atoms with Crippen LogP contribution in [-0.4, -0.2) is 47.9 Å². The van der Waals surface area contributed by atoms with Crippen LogP contribution >= 0.6 is 23.2 Å². The molecule has 0 aliphatic carbocycles. The zero-order valence-corrected chi connectivity index (χ0v) is 15.7. The van der Waals surface area contributed by atoms with Crippen molar-refractivity contribution < 1.29 is 9.59 Å². The second-order valence-corrected chi connectivity index (χ2v) is 6.76. The molecule has 2 aromatic rings. The summed E-state index contributed by atoms with van der Waals surface area (Å²) < 4.78 is 0. The highest BCUT2D eigenvalue weighted by atomic mass is 35.5. The van der Waals surface area contributed by atoms with Gasteiger partial charge >= 0.3 is 0 Å². The molecule has 3 rings (SSSR count). The summed E-state index contributed by atoms with van der Waals surface area (Å²) in [5.41, 5.74) is 1.52. The Morgan fingerprint density at radius 2 is 1.73 bits per heavy atom. The second kappa shape index (κ2) is 7.93. The van der Waals surface area contributed by atoms with Crippen molar-refractivity contribution in [3.8, 4) is 0 Å². The number of carbonyl (C=O) groups is 2. The van der Waals surface area contributed by atoms with Gasteiger partial charge in [-0.3, -0.25) is 14.6 Å². The fraction of sp³-hybridized carbons (Fsp3) is 0.278. The number of anilines is 2. The van der Waals surface area contributed by atoms with E-state index in [2.05, 4.69) is 15.2 Å². The van der Waals surface area contributed by atoms with E-state index in [0.717, 1.165) is 5.69 Å². The number of amides is 2. The zero-order chi connectivity index (χ0) is 18.7. The van der Waals surface area contributed by atoms with Crippen LogP contribution in [0.3, 0.4) is 0 Å². The van der Waals surface area contributed by atoms with Crippen LogP contribution in [0.2, 0.25) is 10.0 Å². The highest BCUT2D eigenvalue weighted by Gasteiger charge is 2.20. The number of hydrogen-bond acceptors (Lipinski definition) is 4. The Bertz CT molecular complexity index is 815. The first-order valence-electron chi connectivity index (χ1n) is 8.17. The molecule has 1 N–H and O–H groups in total. The molecule has 1 fully saturated rings. The van der Waals surface area contributed by atoms with E-state index in [-0.39, 0.29) is 17.5 Å². The minimum absolute atomic E-state index is 0.0797. The van der Waals surface area contributed by atoms with Crippen molar-refractivity contribution in [2.75, 3.05) is 36.4 Å². The Balaban J connectivity index is 1.73. The average molecular weight is 393 g/mol. The molecular weight excluding hydrogens is 375 g/mol. The lowest BCUT2D eigenvalue weighted by Gasteiger charge is -2.35. The van der Waals surface area contributed by atoms with Crippen LogP contribution in [0.15, 0.2) is 36.5 Å². The van der Waals surface area contributed by atoms with Gasteiger partial charge in [-0.05, 0) is 24.3 Å². The molecule has 1 aliphatic rings. The molecule has 0 atom stereocenters. The quantitative estimate of drug-likeness (QED) is 0.869. The second-order valence-electron chi connectivity index (χ2n) is 5.94. The van der Waals surface area contributed by atoms with Crippen LogP contribution in [0.4, 0.5) is 11.4 Å². The smallest absolute Gasteiger partial charge is 0.274 e. The Labute approximate surface area is 161 Å². The van der Waals surface area contributed by atoms with Crippen molar-refractivity contribution in [2.45, 2.75) is 6.92 Å². The Kier molecular flexibility index (Phi) is 5.64. The molecule has 0 spiro atoms. The summed E-state index contributed by atoms with van der Waals surface area (Å²) in [6, 6.07) is 8.59. The number of aromatic nitrogens is 1. The number of carbonyl (C=O) groups excluding carboxylic acids is 2. The maximum absolute atomic E-state index is 12.5. The summed E-state index contributed by atoms with van der Waals surface area (Å²) in [5, 5.41) is 3.44. The van der Waals surface area contributed by atoms with Crippen LogP contribution in [0.1, 0.15) is 17.4 Å². The molecule has 0 bridgehead atoms. The van der Waals surface area contributed by atoms with Crippen molar-refractivity contribution in [1.82, 2.24) is 9.88 Å². The van der Waals surface area contributed by atoms with E-state index in [0.29, 0.717) is 41.9 Å². The largest absolute Gasteiger partial charge is 0.368 e. The Morgan fingerprint density at radius 3 is 2.35 bits per heavy atom. The molecule has 26 heavy (non-hydrogen) atoms. The van der Waals surface area contributed by atoms with Crippen LogP contribution in [0, 0.1) is 0 Å². The summed E-state index contributed by atoms with van der Waals surface area (Å²) in [7, 11) is 0. The number of nitrogens with one attached hydrogen (secondary N) is 1. The van der Waals surface area contributed by atoms with Gasteiger partial charge in [-0.2, -0.15) is 0 Å². The molecule has 1 aromatic heterocycles. The molecule has 2 heterocycles. The maximum Gasteiger partial charge on any atom is 0.274 e. The molecule has 1 aromatic carbocycles. The fourth-order valence-corrected chi connectivity index (χ4v) is 3.31. The van der Waals surface area contributed by atoms with Crippen LogP contribution in [0.5, 0.6) is 0 Å². The lowest BCUT2D eigenvalue weighted by Crippen LogP contribution is -2.48. The third-order valence-electron chi connectivity index (χ3n) is 4.27. The predicted octanol–water partition coefficient (Wildman–Crippen LogP) is 3.31. The monoisotopic (exact) mass is 392 g/mol. The van der Waals surface area contributed by atoms with E-state index >= 15 is 0 Å². The van der Waals surface area contributed by atoms with Gasteiger partial charge in [0.15, 0.2) is 0 Å². The topological polar surface area (TPSA) is 65.5 Å². The first-order valence-corrected chi connectivity index (χ1v) is 8.93. The fourth-order valence-electron chi connectivity index (χ4n) is 2.81. The van der Waals surface area contributed by atoms with Gasteiger partial charge in [-0.1, -0.05) is 29.3 Å². The number of benzene rings is 1. The average Bonchev–Trinajstić information content (AvgIpc) is 2.65.